The maximum atomic E-state index is 11.9. The minimum atomic E-state index is -0.859. The molecule has 0 bridgehead atoms. The molecule has 142 valence electrons. The van der Waals surface area contributed by atoms with Crippen LogP contribution < -0.4 is 15.4 Å². The largest absolute Gasteiger partial charge is 0.479 e. The molecule has 3 unspecified atom stereocenters. The van der Waals surface area contributed by atoms with E-state index in [1.54, 1.807) is 24.3 Å². The highest BCUT2D eigenvalue weighted by molar-refractivity contribution is 5.95. The predicted octanol–water partition coefficient (Wildman–Crippen LogP) is 2.40. The number of para-hydroxylation sites is 1. The van der Waals surface area contributed by atoms with E-state index in [2.05, 4.69) is 17.6 Å². The van der Waals surface area contributed by atoms with E-state index in [9.17, 15) is 14.4 Å². The number of benzene rings is 1. The summed E-state index contributed by atoms with van der Waals surface area (Å²) in [6, 6.07) is 8.34. The molecule has 0 radical (unpaired) electrons. The lowest BCUT2D eigenvalue weighted by Crippen LogP contribution is -2.48. The van der Waals surface area contributed by atoms with Crippen molar-refractivity contribution < 1.29 is 23.9 Å². The Morgan fingerprint density at radius 2 is 1.85 bits per heavy atom. The highest BCUT2D eigenvalue weighted by Crippen LogP contribution is 2.23. The van der Waals surface area contributed by atoms with Crippen LogP contribution in [0.3, 0.4) is 0 Å². The third-order valence-electron chi connectivity index (χ3n) is 4.41. The van der Waals surface area contributed by atoms with Gasteiger partial charge in [-0.3, -0.25) is 10.1 Å². The molecule has 3 amide bonds. The monoisotopic (exact) mass is 362 g/mol. The Morgan fingerprint density at radius 3 is 2.54 bits per heavy atom. The Morgan fingerprint density at radius 1 is 1.15 bits per heavy atom. The molecule has 26 heavy (non-hydrogen) atoms. The average Bonchev–Trinajstić information content (AvgIpc) is 2.62. The molecule has 0 saturated heterocycles. The fourth-order valence-corrected chi connectivity index (χ4v) is 2.90. The fourth-order valence-electron chi connectivity index (χ4n) is 2.90. The molecule has 2 N–H and O–H groups in total. The number of ether oxygens (including phenoxy) is 2. The minimum absolute atomic E-state index is 0.0680. The molecule has 1 fully saturated rings. The highest BCUT2D eigenvalue weighted by Gasteiger charge is 2.24. The smallest absolute Gasteiger partial charge is 0.347 e. The van der Waals surface area contributed by atoms with E-state index in [0.717, 1.165) is 19.3 Å². The quantitative estimate of drug-likeness (QED) is 0.758. The number of hydrogen-bond acceptors (Lipinski definition) is 5. The van der Waals surface area contributed by atoms with Gasteiger partial charge < -0.3 is 14.8 Å². The van der Waals surface area contributed by atoms with Gasteiger partial charge in [0.15, 0.2) is 12.7 Å². The summed E-state index contributed by atoms with van der Waals surface area (Å²) in [5.74, 6) is -0.433. The van der Waals surface area contributed by atoms with Crippen molar-refractivity contribution in [2.45, 2.75) is 51.7 Å². The minimum Gasteiger partial charge on any atom is -0.479 e. The molecule has 0 aromatic heterocycles. The number of amides is 3. The first-order valence-corrected chi connectivity index (χ1v) is 8.94. The highest BCUT2D eigenvalue weighted by atomic mass is 16.6. The van der Waals surface area contributed by atoms with Crippen molar-refractivity contribution in [2.75, 3.05) is 6.61 Å². The van der Waals surface area contributed by atoms with Crippen molar-refractivity contribution in [3.8, 4) is 5.75 Å². The number of nitrogens with one attached hydrogen (secondary N) is 2. The van der Waals surface area contributed by atoms with Gasteiger partial charge in [-0.25, -0.2) is 9.59 Å². The standard InChI is InChI=1S/C19H26N2O5/c1-13-8-6-7-11-16(13)20-19(24)21-17(22)12-25-18(23)14(2)26-15-9-4-3-5-10-15/h3-5,9-10,13-14,16H,6-8,11-12H2,1-2H3,(H2,20,21,22,24). The van der Waals surface area contributed by atoms with Gasteiger partial charge in [0.2, 0.25) is 0 Å². The Labute approximate surface area is 153 Å². The van der Waals surface area contributed by atoms with Crippen molar-refractivity contribution in [2.24, 2.45) is 5.92 Å². The van der Waals surface area contributed by atoms with Gasteiger partial charge in [0, 0.05) is 6.04 Å². The average molecular weight is 362 g/mol. The molecule has 1 aliphatic rings. The topological polar surface area (TPSA) is 93.7 Å². The van der Waals surface area contributed by atoms with Crippen molar-refractivity contribution >= 4 is 17.9 Å². The molecule has 1 aliphatic carbocycles. The normalized spacial score (nSPS) is 20.5. The van der Waals surface area contributed by atoms with E-state index >= 15 is 0 Å². The van der Waals surface area contributed by atoms with E-state index in [0.29, 0.717) is 11.7 Å². The van der Waals surface area contributed by atoms with E-state index in [1.165, 1.54) is 13.3 Å². The maximum absolute atomic E-state index is 11.9. The second-order valence-corrected chi connectivity index (χ2v) is 6.57. The van der Waals surface area contributed by atoms with Crippen molar-refractivity contribution in [1.82, 2.24) is 10.6 Å². The zero-order valence-electron chi connectivity index (χ0n) is 15.2. The lowest BCUT2D eigenvalue weighted by molar-refractivity contribution is -0.154. The van der Waals surface area contributed by atoms with Gasteiger partial charge in [0.25, 0.3) is 5.91 Å². The van der Waals surface area contributed by atoms with Crippen LogP contribution in [0, 0.1) is 5.92 Å². The van der Waals surface area contributed by atoms with E-state index in [4.69, 9.17) is 9.47 Å². The van der Waals surface area contributed by atoms with Crippen LogP contribution in [0.1, 0.15) is 39.5 Å². The summed E-state index contributed by atoms with van der Waals surface area (Å²) in [7, 11) is 0. The van der Waals surface area contributed by atoms with Gasteiger partial charge in [0.1, 0.15) is 5.75 Å². The van der Waals surface area contributed by atoms with Gasteiger partial charge in [-0.1, -0.05) is 38.0 Å². The van der Waals surface area contributed by atoms with Crippen LogP contribution in [0.4, 0.5) is 4.79 Å². The summed E-state index contributed by atoms with van der Waals surface area (Å²) in [6.07, 6.45) is 3.35. The third kappa shape index (κ3) is 6.38. The molecule has 1 aromatic carbocycles. The van der Waals surface area contributed by atoms with Gasteiger partial charge in [0.05, 0.1) is 0 Å². The summed E-state index contributed by atoms with van der Waals surface area (Å²) in [5, 5.41) is 4.99. The Bertz CT molecular complexity index is 620. The fraction of sp³-hybridized carbons (Fsp3) is 0.526. The summed E-state index contributed by atoms with van der Waals surface area (Å²) < 4.78 is 10.3. The van der Waals surface area contributed by atoms with Crippen molar-refractivity contribution in [3.63, 3.8) is 0 Å². The number of esters is 1. The first kappa shape index (κ1) is 19.8. The lowest BCUT2D eigenvalue weighted by atomic mass is 9.86. The van der Waals surface area contributed by atoms with E-state index < -0.39 is 30.6 Å². The molecule has 2 rings (SSSR count). The first-order valence-electron chi connectivity index (χ1n) is 8.94. The summed E-state index contributed by atoms with van der Waals surface area (Å²) in [5.41, 5.74) is 0. The molecular weight excluding hydrogens is 336 g/mol. The van der Waals surface area contributed by atoms with Crippen molar-refractivity contribution in [1.29, 1.82) is 0 Å². The van der Waals surface area contributed by atoms with Crippen molar-refractivity contribution in [3.05, 3.63) is 30.3 Å². The number of hydrogen-bond donors (Lipinski definition) is 2. The van der Waals surface area contributed by atoms with Crippen LogP contribution >= 0.6 is 0 Å². The number of urea groups is 1. The number of imide groups is 1. The Kier molecular flexibility index (Phi) is 7.44. The molecule has 1 saturated carbocycles. The zero-order chi connectivity index (χ0) is 18.9. The van der Waals surface area contributed by atoms with Crippen LogP contribution in [0.25, 0.3) is 0 Å². The first-order chi connectivity index (χ1) is 12.5. The number of carbonyl (C=O) groups is 3. The molecule has 0 heterocycles. The van der Waals surface area contributed by atoms with Gasteiger partial charge in [-0.05, 0) is 37.8 Å². The van der Waals surface area contributed by atoms with Crippen LogP contribution in [0.15, 0.2) is 30.3 Å². The summed E-state index contributed by atoms with van der Waals surface area (Å²) >= 11 is 0. The summed E-state index contributed by atoms with van der Waals surface area (Å²) in [4.78, 5) is 35.5. The third-order valence-corrected chi connectivity index (χ3v) is 4.41. The maximum Gasteiger partial charge on any atom is 0.347 e. The Hall–Kier alpha value is -2.57. The zero-order valence-corrected chi connectivity index (χ0v) is 15.2. The molecule has 1 aromatic rings. The number of carbonyl (C=O) groups excluding carboxylic acids is 3. The molecule has 7 heteroatoms. The molecule has 7 nitrogen and oxygen atoms in total. The molecular formula is C19H26N2O5. The summed E-state index contributed by atoms with van der Waals surface area (Å²) in [6.45, 7) is 3.08. The SMILES string of the molecule is CC(Oc1ccccc1)C(=O)OCC(=O)NC(=O)NC1CCCCC1C. The van der Waals surface area contributed by atoms with Gasteiger partial charge in [-0.15, -0.1) is 0 Å². The van der Waals surface area contributed by atoms with E-state index in [1.807, 2.05) is 6.07 Å². The van der Waals surface area contributed by atoms with Crippen LogP contribution in [0.2, 0.25) is 0 Å². The second kappa shape index (κ2) is 9.79. The second-order valence-electron chi connectivity index (χ2n) is 6.57. The van der Waals surface area contributed by atoms with E-state index in [-0.39, 0.29) is 6.04 Å². The molecule has 0 aliphatic heterocycles. The predicted molar refractivity (Wildman–Crippen MR) is 95.6 cm³/mol. The number of rotatable bonds is 6. The van der Waals surface area contributed by atoms with Crippen LogP contribution in [-0.2, 0) is 14.3 Å². The van der Waals surface area contributed by atoms with Gasteiger partial charge >= 0.3 is 12.0 Å². The molecule has 0 spiro atoms. The van der Waals surface area contributed by atoms with Gasteiger partial charge in [-0.2, -0.15) is 0 Å². The van der Waals surface area contributed by atoms with Crippen LogP contribution in [-0.4, -0.2) is 36.7 Å². The Balaban J connectivity index is 1.68. The lowest BCUT2D eigenvalue weighted by Gasteiger charge is -2.29. The van der Waals surface area contributed by atoms with Crippen LogP contribution in [0.5, 0.6) is 5.75 Å². The molecule has 3 atom stereocenters.